The Bertz CT molecular complexity index is 128. The van der Waals surface area contributed by atoms with Crippen LogP contribution in [0, 0.1) is 17.8 Å². The average Bonchev–Trinajstić information content (AvgIpc) is 1.61. The first-order chi connectivity index (χ1) is 3.27. The second-order valence-corrected chi connectivity index (χ2v) is 1.01. The van der Waals surface area contributed by atoms with E-state index in [2.05, 4.69) is 10.9 Å². The molecule has 0 aromatic rings. The quantitative estimate of drug-likeness (QED) is 0.260. The van der Waals surface area contributed by atoms with Crippen molar-refractivity contribution in [2.45, 2.75) is 6.92 Å². The number of terminal acetylenes is 1. The fourth-order valence-corrected chi connectivity index (χ4v) is 0.134. The molecule has 0 saturated carbocycles. The number of rotatable bonds is 0. The minimum atomic E-state index is 0.234. The molecule has 2 nitrogen and oxygen atoms in total. The summed E-state index contributed by atoms with van der Waals surface area (Å²) >= 11 is 0. The summed E-state index contributed by atoms with van der Waals surface area (Å²) in [5, 5.41) is 6.70. The number of nitrogens with one attached hydrogen (secondary N) is 1. The van der Waals surface area contributed by atoms with Crippen molar-refractivity contribution in [2.75, 3.05) is 0 Å². The highest BCUT2D eigenvalue weighted by Crippen LogP contribution is 1.65. The Morgan fingerprint density at radius 1 is 2.00 bits per heavy atom. The van der Waals surface area contributed by atoms with Crippen LogP contribution in [0.25, 0.3) is 0 Å². The van der Waals surface area contributed by atoms with Gasteiger partial charge >= 0.3 is 0 Å². The normalized spacial score (nSPS) is 8.57. The SMILES string of the molecule is C#CC=NC(C)=N. The molecule has 0 aliphatic carbocycles. The Hall–Kier alpha value is -1.10. The fraction of sp³-hybridized carbons (Fsp3) is 0.200. The summed E-state index contributed by atoms with van der Waals surface area (Å²) in [5.41, 5.74) is 0. The maximum absolute atomic E-state index is 6.70. The van der Waals surface area contributed by atoms with Crippen molar-refractivity contribution in [3.05, 3.63) is 0 Å². The summed E-state index contributed by atoms with van der Waals surface area (Å²) in [6.45, 7) is 1.56. The molecule has 0 atom stereocenters. The Morgan fingerprint density at radius 2 is 2.57 bits per heavy atom. The minimum Gasteiger partial charge on any atom is -0.287 e. The number of amidine groups is 1. The number of hydrogen-bond acceptors (Lipinski definition) is 1. The van der Waals surface area contributed by atoms with Crippen molar-refractivity contribution in [2.24, 2.45) is 4.99 Å². The van der Waals surface area contributed by atoms with Gasteiger partial charge in [-0.15, -0.1) is 6.42 Å². The second kappa shape index (κ2) is 3.10. The van der Waals surface area contributed by atoms with E-state index in [-0.39, 0.29) is 5.84 Å². The number of aliphatic imine (C=N–C) groups is 1. The molecular weight excluding hydrogens is 88.1 g/mol. The summed E-state index contributed by atoms with van der Waals surface area (Å²) in [7, 11) is 0. The molecule has 0 amide bonds. The molecule has 0 heterocycles. The van der Waals surface area contributed by atoms with Crippen LogP contribution in [0.3, 0.4) is 0 Å². The van der Waals surface area contributed by atoms with Gasteiger partial charge in [0.1, 0.15) is 5.84 Å². The molecule has 0 aromatic carbocycles. The molecule has 0 saturated heterocycles. The van der Waals surface area contributed by atoms with Gasteiger partial charge in [0, 0.05) is 0 Å². The van der Waals surface area contributed by atoms with Gasteiger partial charge in [-0.25, -0.2) is 4.99 Å². The molecule has 0 aromatic heterocycles. The van der Waals surface area contributed by atoms with Gasteiger partial charge in [-0.3, -0.25) is 5.41 Å². The highest BCUT2D eigenvalue weighted by Gasteiger charge is 1.68. The molecule has 0 aliphatic rings. The second-order valence-electron chi connectivity index (χ2n) is 1.01. The van der Waals surface area contributed by atoms with Crippen molar-refractivity contribution in [1.29, 1.82) is 5.41 Å². The van der Waals surface area contributed by atoms with Crippen LogP contribution in [0.5, 0.6) is 0 Å². The van der Waals surface area contributed by atoms with Crippen molar-refractivity contribution in [3.8, 4) is 12.3 Å². The van der Waals surface area contributed by atoms with Crippen LogP contribution in [-0.2, 0) is 0 Å². The first-order valence-electron chi connectivity index (χ1n) is 1.81. The van der Waals surface area contributed by atoms with E-state index < -0.39 is 0 Å². The zero-order valence-electron chi connectivity index (χ0n) is 4.10. The molecule has 1 N–H and O–H groups in total. The van der Waals surface area contributed by atoms with Crippen molar-refractivity contribution in [1.82, 2.24) is 0 Å². The zero-order chi connectivity index (χ0) is 5.70. The first kappa shape index (κ1) is 5.90. The molecule has 36 valence electrons. The highest BCUT2D eigenvalue weighted by atomic mass is 14.8. The largest absolute Gasteiger partial charge is 0.287 e. The molecule has 0 unspecified atom stereocenters. The van der Waals surface area contributed by atoms with E-state index in [1.807, 2.05) is 0 Å². The minimum absolute atomic E-state index is 0.234. The van der Waals surface area contributed by atoms with E-state index in [4.69, 9.17) is 11.8 Å². The van der Waals surface area contributed by atoms with Crippen molar-refractivity contribution >= 4 is 12.1 Å². The number of nitrogens with zero attached hydrogens (tertiary/aromatic N) is 1. The molecule has 0 fully saturated rings. The smallest absolute Gasteiger partial charge is 0.118 e. The third-order valence-corrected chi connectivity index (χ3v) is 0.333. The lowest BCUT2D eigenvalue weighted by Gasteiger charge is -1.74. The lowest BCUT2D eigenvalue weighted by Crippen LogP contribution is -1.78. The predicted molar refractivity (Wildman–Crippen MR) is 30.7 cm³/mol. The fourth-order valence-electron chi connectivity index (χ4n) is 0.134. The third kappa shape index (κ3) is 4.90. The van der Waals surface area contributed by atoms with Gasteiger partial charge in [0.2, 0.25) is 0 Å². The Kier molecular flexibility index (Phi) is 2.62. The predicted octanol–water partition coefficient (Wildman–Crippen LogP) is 0.688. The van der Waals surface area contributed by atoms with E-state index in [0.29, 0.717) is 0 Å². The number of hydrogen-bond donors (Lipinski definition) is 1. The lowest BCUT2D eigenvalue weighted by molar-refractivity contribution is 1.42. The first-order valence-corrected chi connectivity index (χ1v) is 1.81. The molecule has 0 spiro atoms. The van der Waals surface area contributed by atoms with Crippen LogP contribution in [0.2, 0.25) is 0 Å². The Labute approximate surface area is 42.8 Å². The average molecular weight is 94.1 g/mol. The molecule has 2 heteroatoms. The van der Waals surface area contributed by atoms with Crippen LogP contribution in [0.4, 0.5) is 0 Å². The summed E-state index contributed by atoms with van der Waals surface area (Å²) in [5.74, 6) is 2.40. The molecule has 7 heavy (non-hydrogen) atoms. The van der Waals surface area contributed by atoms with E-state index >= 15 is 0 Å². The van der Waals surface area contributed by atoms with E-state index in [9.17, 15) is 0 Å². The van der Waals surface area contributed by atoms with Gasteiger partial charge < -0.3 is 0 Å². The van der Waals surface area contributed by atoms with Crippen molar-refractivity contribution < 1.29 is 0 Å². The standard InChI is InChI=1S/C5H6N2/c1-3-4-7-5(2)6/h1,4,6H,2H3. The zero-order valence-corrected chi connectivity index (χ0v) is 4.10. The summed E-state index contributed by atoms with van der Waals surface area (Å²) in [4.78, 5) is 3.47. The molecule has 0 bridgehead atoms. The van der Waals surface area contributed by atoms with E-state index in [1.54, 1.807) is 6.92 Å². The Morgan fingerprint density at radius 3 is 2.71 bits per heavy atom. The maximum Gasteiger partial charge on any atom is 0.118 e. The van der Waals surface area contributed by atoms with Crippen molar-refractivity contribution in [3.63, 3.8) is 0 Å². The molecular formula is C5H6N2. The summed E-state index contributed by atoms with van der Waals surface area (Å²) in [6, 6.07) is 0. The van der Waals surface area contributed by atoms with E-state index in [0.717, 1.165) is 0 Å². The maximum atomic E-state index is 6.70. The van der Waals surface area contributed by atoms with Crippen LogP contribution in [0.15, 0.2) is 4.99 Å². The summed E-state index contributed by atoms with van der Waals surface area (Å²) in [6.07, 6.45) is 6.03. The monoisotopic (exact) mass is 94.1 g/mol. The van der Waals surface area contributed by atoms with Crippen LogP contribution in [0.1, 0.15) is 6.92 Å². The van der Waals surface area contributed by atoms with Crippen LogP contribution < -0.4 is 0 Å². The molecule has 0 aliphatic heterocycles. The Balaban J connectivity index is 3.53. The van der Waals surface area contributed by atoms with Gasteiger partial charge in [0.15, 0.2) is 0 Å². The highest BCUT2D eigenvalue weighted by molar-refractivity contribution is 5.91. The van der Waals surface area contributed by atoms with Crippen LogP contribution >= 0.6 is 0 Å². The van der Waals surface area contributed by atoms with Gasteiger partial charge in [-0.1, -0.05) is 5.92 Å². The van der Waals surface area contributed by atoms with Gasteiger partial charge in [0.05, 0.1) is 6.21 Å². The van der Waals surface area contributed by atoms with Crippen LogP contribution in [-0.4, -0.2) is 12.1 Å². The molecule has 0 radical (unpaired) electrons. The van der Waals surface area contributed by atoms with Gasteiger partial charge in [-0.05, 0) is 6.92 Å². The van der Waals surface area contributed by atoms with Gasteiger partial charge in [-0.2, -0.15) is 0 Å². The topological polar surface area (TPSA) is 36.2 Å². The summed E-state index contributed by atoms with van der Waals surface area (Å²) < 4.78 is 0. The van der Waals surface area contributed by atoms with E-state index in [1.165, 1.54) is 6.21 Å². The van der Waals surface area contributed by atoms with Gasteiger partial charge in [0.25, 0.3) is 0 Å². The lowest BCUT2D eigenvalue weighted by atomic mass is 10.7. The molecule has 0 rings (SSSR count). The third-order valence-electron chi connectivity index (χ3n) is 0.333.